The van der Waals surface area contributed by atoms with Crippen LogP contribution in [0.3, 0.4) is 0 Å². The third kappa shape index (κ3) is 3.42. The Bertz CT molecular complexity index is 405. The molecule has 17 heavy (non-hydrogen) atoms. The number of nitro benzene ring substituents is 1. The van der Waals surface area contributed by atoms with Crippen molar-refractivity contribution in [3.05, 3.63) is 33.9 Å². The average Bonchev–Trinajstić information content (AvgIpc) is 2.27. The number of nitrogens with one attached hydrogen (secondary N) is 1. The first kappa shape index (κ1) is 13.4. The lowest BCUT2D eigenvalue weighted by molar-refractivity contribution is -0.384. The Kier molecular flexibility index (Phi) is 4.45. The number of nitro groups is 1. The van der Waals surface area contributed by atoms with Crippen LogP contribution < -0.4 is 11.1 Å². The fraction of sp³-hybridized carbons (Fsp3) is 0.500. The molecule has 0 radical (unpaired) electrons. The second kappa shape index (κ2) is 5.63. The van der Waals surface area contributed by atoms with Gasteiger partial charge < -0.3 is 11.1 Å². The van der Waals surface area contributed by atoms with Crippen molar-refractivity contribution >= 4 is 11.4 Å². The number of non-ortho nitro benzene ring substituents is 1. The molecule has 5 heteroatoms. The Balaban J connectivity index is 2.96. The molecule has 0 bridgehead atoms. The number of anilines is 1. The first-order valence-electron chi connectivity index (χ1n) is 5.67. The summed E-state index contributed by atoms with van der Waals surface area (Å²) in [6, 6.07) is 4.93. The van der Waals surface area contributed by atoms with Gasteiger partial charge in [0, 0.05) is 30.4 Å². The predicted molar refractivity (Wildman–Crippen MR) is 69.1 cm³/mol. The molecule has 0 aliphatic rings. The lowest BCUT2D eigenvalue weighted by Crippen LogP contribution is -2.33. The Morgan fingerprint density at radius 3 is 2.59 bits per heavy atom. The number of hydrogen-bond acceptors (Lipinski definition) is 4. The number of rotatable bonds is 5. The zero-order chi connectivity index (χ0) is 13.0. The Morgan fingerprint density at radius 2 is 2.12 bits per heavy atom. The highest BCUT2D eigenvalue weighted by Gasteiger charge is 2.14. The maximum absolute atomic E-state index is 10.7. The number of nitrogens with two attached hydrogens (primary N) is 1. The van der Waals surface area contributed by atoms with Crippen LogP contribution in [0.5, 0.6) is 0 Å². The number of hydrogen-bond donors (Lipinski definition) is 2. The van der Waals surface area contributed by atoms with Gasteiger partial charge in [-0.2, -0.15) is 0 Å². The van der Waals surface area contributed by atoms with Crippen molar-refractivity contribution in [3.63, 3.8) is 0 Å². The summed E-state index contributed by atoms with van der Waals surface area (Å²) in [7, 11) is 0. The summed E-state index contributed by atoms with van der Waals surface area (Å²) in [5.41, 5.74) is 7.53. The molecule has 1 aromatic rings. The molecule has 0 heterocycles. The molecule has 0 aliphatic carbocycles. The molecule has 1 unspecified atom stereocenters. The zero-order valence-electron chi connectivity index (χ0n) is 10.4. The SMILES string of the molecule is Cc1ccc([N+](=O)[O-])cc1NC(CN)C(C)C. The predicted octanol–water partition coefficient (Wildman–Crippen LogP) is 2.30. The molecule has 0 amide bonds. The van der Waals surface area contributed by atoms with Gasteiger partial charge in [-0.05, 0) is 18.4 Å². The quantitative estimate of drug-likeness (QED) is 0.608. The number of nitrogens with zero attached hydrogens (tertiary/aromatic N) is 1. The minimum Gasteiger partial charge on any atom is -0.380 e. The van der Waals surface area contributed by atoms with E-state index in [4.69, 9.17) is 5.73 Å². The van der Waals surface area contributed by atoms with E-state index in [0.29, 0.717) is 12.5 Å². The van der Waals surface area contributed by atoms with Crippen LogP contribution in [0, 0.1) is 23.0 Å². The van der Waals surface area contributed by atoms with Crippen molar-refractivity contribution < 1.29 is 4.92 Å². The molecule has 5 nitrogen and oxygen atoms in total. The topological polar surface area (TPSA) is 81.2 Å². The second-order valence-corrected chi connectivity index (χ2v) is 4.49. The average molecular weight is 237 g/mol. The molecule has 0 saturated heterocycles. The molecule has 0 saturated carbocycles. The van der Waals surface area contributed by atoms with Crippen LogP contribution in [0.1, 0.15) is 19.4 Å². The highest BCUT2D eigenvalue weighted by molar-refractivity contribution is 5.57. The van der Waals surface area contributed by atoms with Gasteiger partial charge in [-0.25, -0.2) is 0 Å². The summed E-state index contributed by atoms with van der Waals surface area (Å²) < 4.78 is 0. The van der Waals surface area contributed by atoms with Crippen molar-refractivity contribution in [2.45, 2.75) is 26.8 Å². The van der Waals surface area contributed by atoms with Crippen LogP contribution in [0.4, 0.5) is 11.4 Å². The van der Waals surface area contributed by atoms with Gasteiger partial charge in [0.2, 0.25) is 0 Å². The molecule has 1 rings (SSSR count). The lowest BCUT2D eigenvalue weighted by atomic mass is 10.0. The Hall–Kier alpha value is -1.62. The van der Waals surface area contributed by atoms with Crippen LogP contribution in [-0.2, 0) is 0 Å². The summed E-state index contributed by atoms with van der Waals surface area (Å²) in [5.74, 6) is 0.374. The van der Waals surface area contributed by atoms with Gasteiger partial charge in [-0.15, -0.1) is 0 Å². The van der Waals surface area contributed by atoms with Crippen molar-refractivity contribution in [2.24, 2.45) is 11.7 Å². The minimum absolute atomic E-state index is 0.0950. The van der Waals surface area contributed by atoms with E-state index in [9.17, 15) is 10.1 Å². The van der Waals surface area contributed by atoms with Crippen LogP contribution >= 0.6 is 0 Å². The molecule has 1 aromatic carbocycles. The van der Waals surface area contributed by atoms with Gasteiger partial charge in [-0.1, -0.05) is 19.9 Å². The van der Waals surface area contributed by atoms with E-state index in [2.05, 4.69) is 19.2 Å². The summed E-state index contributed by atoms with van der Waals surface area (Å²) in [4.78, 5) is 10.3. The first-order chi connectivity index (χ1) is 7.95. The van der Waals surface area contributed by atoms with E-state index in [-0.39, 0.29) is 11.7 Å². The fourth-order valence-electron chi connectivity index (χ4n) is 1.58. The third-order valence-electron chi connectivity index (χ3n) is 2.83. The molecular weight excluding hydrogens is 218 g/mol. The van der Waals surface area contributed by atoms with Crippen molar-refractivity contribution in [3.8, 4) is 0 Å². The maximum Gasteiger partial charge on any atom is 0.271 e. The lowest BCUT2D eigenvalue weighted by Gasteiger charge is -2.22. The monoisotopic (exact) mass is 237 g/mol. The maximum atomic E-state index is 10.7. The normalized spacial score (nSPS) is 12.5. The van der Waals surface area contributed by atoms with Gasteiger partial charge >= 0.3 is 0 Å². The van der Waals surface area contributed by atoms with Crippen molar-refractivity contribution in [2.75, 3.05) is 11.9 Å². The summed E-state index contributed by atoms with van der Waals surface area (Å²) in [6.45, 7) is 6.55. The van der Waals surface area contributed by atoms with Crippen LogP contribution in [0.25, 0.3) is 0 Å². The molecule has 0 fully saturated rings. The molecule has 1 atom stereocenters. The Labute approximate surface area is 101 Å². The van der Waals surface area contributed by atoms with Crippen LogP contribution in [-0.4, -0.2) is 17.5 Å². The Morgan fingerprint density at radius 1 is 1.47 bits per heavy atom. The van der Waals surface area contributed by atoms with Crippen LogP contribution in [0.2, 0.25) is 0 Å². The first-order valence-corrected chi connectivity index (χ1v) is 5.67. The molecule has 94 valence electrons. The minimum atomic E-state index is -0.391. The molecule has 0 spiro atoms. The van der Waals surface area contributed by atoms with Gasteiger partial charge in [0.1, 0.15) is 0 Å². The van der Waals surface area contributed by atoms with E-state index < -0.39 is 4.92 Å². The van der Waals surface area contributed by atoms with Crippen LogP contribution in [0.15, 0.2) is 18.2 Å². The van der Waals surface area contributed by atoms with E-state index in [1.54, 1.807) is 12.1 Å². The third-order valence-corrected chi connectivity index (χ3v) is 2.83. The fourth-order valence-corrected chi connectivity index (χ4v) is 1.58. The van der Waals surface area contributed by atoms with E-state index in [0.717, 1.165) is 11.3 Å². The van der Waals surface area contributed by atoms with Crippen molar-refractivity contribution in [1.29, 1.82) is 0 Å². The summed E-state index contributed by atoms with van der Waals surface area (Å²) >= 11 is 0. The highest BCUT2D eigenvalue weighted by atomic mass is 16.6. The molecular formula is C12H19N3O2. The number of aryl methyl sites for hydroxylation is 1. The van der Waals surface area contributed by atoms with Gasteiger partial charge in [0.25, 0.3) is 5.69 Å². The number of benzene rings is 1. The summed E-state index contributed by atoms with van der Waals surface area (Å²) in [6.07, 6.45) is 0. The standard InChI is InChI=1S/C12H19N3O2/c1-8(2)12(7-13)14-11-6-10(15(16)17)5-4-9(11)3/h4-6,8,12,14H,7,13H2,1-3H3. The largest absolute Gasteiger partial charge is 0.380 e. The second-order valence-electron chi connectivity index (χ2n) is 4.49. The van der Waals surface area contributed by atoms with E-state index in [1.165, 1.54) is 6.07 Å². The highest BCUT2D eigenvalue weighted by Crippen LogP contribution is 2.23. The van der Waals surface area contributed by atoms with E-state index in [1.807, 2.05) is 6.92 Å². The molecule has 0 aliphatic heterocycles. The summed E-state index contributed by atoms with van der Waals surface area (Å²) in [5, 5.41) is 14.0. The van der Waals surface area contributed by atoms with Crippen molar-refractivity contribution in [1.82, 2.24) is 0 Å². The van der Waals surface area contributed by atoms with Gasteiger partial charge in [0.05, 0.1) is 4.92 Å². The zero-order valence-corrected chi connectivity index (χ0v) is 10.4. The molecule has 3 N–H and O–H groups in total. The van der Waals surface area contributed by atoms with Gasteiger partial charge in [-0.3, -0.25) is 10.1 Å². The van der Waals surface area contributed by atoms with Gasteiger partial charge in [0.15, 0.2) is 0 Å². The van der Waals surface area contributed by atoms with E-state index >= 15 is 0 Å². The molecule has 0 aromatic heterocycles. The smallest absolute Gasteiger partial charge is 0.271 e.